The molecule has 0 aliphatic carbocycles. The second kappa shape index (κ2) is 6.62. The molecule has 1 aliphatic rings. The summed E-state index contributed by atoms with van der Waals surface area (Å²) in [5, 5.41) is 10.9. The van der Waals surface area contributed by atoms with Crippen LogP contribution < -0.4 is 11.1 Å². The summed E-state index contributed by atoms with van der Waals surface area (Å²) in [5.74, 6) is -0.826. The van der Waals surface area contributed by atoms with Crippen molar-refractivity contribution < 1.29 is 23.4 Å². The van der Waals surface area contributed by atoms with Gasteiger partial charge in [-0.2, -0.15) is 0 Å². The van der Waals surface area contributed by atoms with Gasteiger partial charge in [0.25, 0.3) is 0 Å². The molecule has 1 saturated heterocycles. The maximum Gasteiger partial charge on any atom is 0.208 e. The van der Waals surface area contributed by atoms with Crippen LogP contribution in [-0.2, 0) is 9.53 Å². The lowest BCUT2D eigenvalue weighted by molar-refractivity contribution is -0.110. The van der Waals surface area contributed by atoms with Crippen LogP contribution in [-0.4, -0.2) is 54.7 Å². The number of amides is 1. The summed E-state index contributed by atoms with van der Waals surface area (Å²) in [7, 11) is 1.42. The average molecular weight is 265 g/mol. The van der Waals surface area contributed by atoms with E-state index in [1.165, 1.54) is 11.9 Å². The van der Waals surface area contributed by atoms with E-state index in [-0.39, 0.29) is 19.4 Å². The van der Waals surface area contributed by atoms with Gasteiger partial charge in [-0.25, -0.2) is 8.78 Å². The summed E-state index contributed by atoms with van der Waals surface area (Å²) in [6, 6.07) is 0. The van der Waals surface area contributed by atoms with Gasteiger partial charge in [-0.15, -0.1) is 0 Å². The minimum absolute atomic E-state index is 0.0552. The van der Waals surface area contributed by atoms with Crippen molar-refractivity contribution >= 4 is 6.41 Å². The van der Waals surface area contributed by atoms with Crippen LogP contribution >= 0.6 is 0 Å². The molecule has 1 fully saturated rings. The van der Waals surface area contributed by atoms with E-state index in [1.807, 2.05) is 5.32 Å². The molecule has 0 aromatic rings. The van der Waals surface area contributed by atoms with Gasteiger partial charge in [0, 0.05) is 19.7 Å². The molecule has 6 nitrogen and oxygen atoms in total. The van der Waals surface area contributed by atoms with Gasteiger partial charge < -0.3 is 25.8 Å². The second-order valence-corrected chi connectivity index (χ2v) is 4.02. The number of nitrogens with two attached hydrogens (primary N) is 1. The Bertz CT molecular complexity index is 317. The Kier molecular flexibility index (Phi) is 5.45. The van der Waals surface area contributed by atoms with Gasteiger partial charge in [0.05, 0.1) is 12.7 Å². The van der Waals surface area contributed by atoms with Crippen LogP contribution in [0, 0.1) is 0 Å². The first-order chi connectivity index (χ1) is 8.49. The third-order valence-electron chi connectivity index (χ3n) is 2.61. The highest BCUT2D eigenvalue weighted by Gasteiger charge is 2.37. The minimum Gasteiger partial charge on any atom is -0.394 e. The molecule has 1 rings (SSSR count). The maximum absolute atomic E-state index is 13.5. The molecule has 4 unspecified atom stereocenters. The summed E-state index contributed by atoms with van der Waals surface area (Å²) in [5.41, 5.74) is 5.28. The maximum atomic E-state index is 13.5. The first kappa shape index (κ1) is 14.8. The highest BCUT2D eigenvalue weighted by Crippen LogP contribution is 2.25. The van der Waals surface area contributed by atoms with Crippen LogP contribution in [0.4, 0.5) is 8.78 Å². The number of rotatable bonds is 6. The van der Waals surface area contributed by atoms with Gasteiger partial charge in [-0.1, -0.05) is 0 Å². The molecule has 4 N–H and O–H groups in total. The zero-order chi connectivity index (χ0) is 13.7. The summed E-state index contributed by atoms with van der Waals surface area (Å²) >= 11 is 0. The number of hydrogen-bond acceptors (Lipinski definition) is 5. The summed E-state index contributed by atoms with van der Waals surface area (Å²) in [6.07, 6.45) is -2.90. The van der Waals surface area contributed by atoms with Crippen molar-refractivity contribution in [2.45, 2.75) is 31.1 Å². The number of ether oxygens (including phenoxy) is 1. The molecule has 1 heterocycles. The van der Waals surface area contributed by atoms with Crippen LogP contribution in [0.15, 0.2) is 12.0 Å². The van der Waals surface area contributed by atoms with Gasteiger partial charge >= 0.3 is 0 Å². The van der Waals surface area contributed by atoms with Crippen molar-refractivity contribution in [2.75, 3.05) is 13.7 Å². The fraction of sp³-hybridized carbons (Fsp3) is 0.700. The van der Waals surface area contributed by atoms with Crippen LogP contribution in [0.3, 0.4) is 0 Å². The molecule has 104 valence electrons. The number of aliphatic hydroxyl groups is 1. The monoisotopic (exact) mass is 265 g/mol. The van der Waals surface area contributed by atoms with Crippen molar-refractivity contribution in [3.63, 3.8) is 0 Å². The Morgan fingerprint density at radius 3 is 2.94 bits per heavy atom. The van der Waals surface area contributed by atoms with Crippen LogP contribution in [0.25, 0.3) is 0 Å². The van der Waals surface area contributed by atoms with E-state index in [4.69, 9.17) is 15.6 Å². The van der Waals surface area contributed by atoms with Gasteiger partial charge in [0.2, 0.25) is 6.41 Å². The molecule has 0 saturated carbocycles. The predicted molar refractivity (Wildman–Crippen MR) is 59.4 cm³/mol. The molecular formula is C10H17F2N3O3. The highest BCUT2D eigenvalue weighted by molar-refractivity contribution is 5.47. The van der Waals surface area contributed by atoms with Gasteiger partial charge in [-0.3, -0.25) is 4.79 Å². The number of nitrogens with zero attached hydrogens (tertiary/aromatic N) is 1. The summed E-state index contributed by atoms with van der Waals surface area (Å²) in [6.45, 7) is -0.289. The molecule has 18 heavy (non-hydrogen) atoms. The van der Waals surface area contributed by atoms with Gasteiger partial charge in [-0.05, 0) is 0 Å². The normalized spacial score (nSPS) is 30.1. The number of carbonyl (C=O) groups excluding carboxylic acids is 1. The molecule has 8 heteroatoms. The average Bonchev–Trinajstić information content (AvgIpc) is 2.70. The Balaban J connectivity index is 2.61. The quantitative estimate of drug-likeness (QED) is 0.432. The third kappa shape index (κ3) is 3.62. The molecule has 0 aromatic heterocycles. The molecule has 0 radical (unpaired) electrons. The molecule has 0 spiro atoms. The predicted octanol–water partition coefficient (Wildman–Crippen LogP) is -0.795. The Hall–Kier alpha value is -1.25. The Labute approximate surface area is 103 Å². The van der Waals surface area contributed by atoms with E-state index in [0.717, 1.165) is 6.20 Å². The lowest BCUT2D eigenvalue weighted by Gasteiger charge is -2.24. The lowest BCUT2D eigenvalue weighted by atomic mass is 10.2. The van der Waals surface area contributed by atoms with E-state index in [0.29, 0.717) is 0 Å². The molecular weight excluding hydrogens is 248 g/mol. The van der Waals surface area contributed by atoms with Crippen LogP contribution in [0.2, 0.25) is 0 Å². The van der Waals surface area contributed by atoms with Gasteiger partial charge in [0.1, 0.15) is 12.3 Å². The van der Waals surface area contributed by atoms with E-state index < -0.39 is 30.5 Å². The fourth-order valence-electron chi connectivity index (χ4n) is 1.68. The first-order valence-corrected chi connectivity index (χ1v) is 5.44. The zero-order valence-electron chi connectivity index (χ0n) is 9.92. The molecule has 1 amide bonds. The number of aliphatic hydroxyl groups excluding tert-OH is 1. The Morgan fingerprint density at radius 1 is 1.78 bits per heavy atom. The highest BCUT2D eigenvalue weighted by atomic mass is 19.1. The van der Waals surface area contributed by atoms with Crippen LogP contribution in [0.5, 0.6) is 0 Å². The number of halogens is 2. The van der Waals surface area contributed by atoms with E-state index in [2.05, 4.69) is 0 Å². The molecule has 4 atom stereocenters. The number of hydrogen-bond donors (Lipinski definition) is 3. The molecule has 0 aromatic carbocycles. The van der Waals surface area contributed by atoms with E-state index >= 15 is 0 Å². The summed E-state index contributed by atoms with van der Waals surface area (Å²) in [4.78, 5) is 11.3. The van der Waals surface area contributed by atoms with Crippen molar-refractivity contribution in [3.05, 3.63) is 12.0 Å². The molecule has 1 aliphatic heterocycles. The van der Waals surface area contributed by atoms with E-state index in [1.54, 1.807) is 0 Å². The van der Waals surface area contributed by atoms with Crippen LogP contribution in [0.1, 0.15) is 6.42 Å². The standard InChI is InChI=1S/C10H17F2N3O3/c1-15(3-8(12)9(13)14-5-17)10-7(11)2-6(4-16)18-10/h3,5-7,9-10,16H,2,4,13H2,1H3,(H,14,17)/b8-3+. The van der Waals surface area contributed by atoms with Crippen molar-refractivity contribution in [2.24, 2.45) is 5.73 Å². The lowest BCUT2D eigenvalue weighted by Crippen LogP contribution is -2.39. The van der Waals surface area contributed by atoms with E-state index in [9.17, 15) is 13.6 Å². The largest absolute Gasteiger partial charge is 0.394 e. The Morgan fingerprint density at radius 2 is 2.44 bits per heavy atom. The zero-order valence-corrected chi connectivity index (χ0v) is 9.92. The smallest absolute Gasteiger partial charge is 0.208 e. The number of nitrogens with one attached hydrogen (secondary N) is 1. The van der Waals surface area contributed by atoms with Gasteiger partial charge in [0.15, 0.2) is 12.1 Å². The number of carbonyl (C=O) groups is 1. The number of alkyl halides is 1. The summed E-state index contributed by atoms with van der Waals surface area (Å²) < 4.78 is 32.2. The fourth-order valence-corrected chi connectivity index (χ4v) is 1.68. The topological polar surface area (TPSA) is 87.8 Å². The van der Waals surface area contributed by atoms with Crippen molar-refractivity contribution in [1.29, 1.82) is 0 Å². The first-order valence-electron chi connectivity index (χ1n) is 5.44. The SMILES string of the molecule is CN(/C=C(/F)C(N)NC=O)C1OC(CO)CC1F. The third-order valence-corrected chi connectivity index (χ3v) is 2.61. The minimum atomic E-state index is -1.33. The van der Waals surface area contributed by atoms with Crippen molar-refractivity contribution in [1.82, 2.24) is 10.2 Å². The second-order valence-electron chi connectivity index (χ2n) is 4.02. The van der Waals surface area contributed by atoms with Crippen molar-refractivity contribution in [3.8, 4) is 0 Å². The molecule has 0 bridgehead atoms.